The van der Waals surface area contributed by atoms with Gasteiger partial charge in [-0.3, -0.25) is 9.59 Å². The van der Waals surface area contributed by atoms with Gasteiger partial charge in [0, 0.05) is 29.9 Å². The first-order chi connectivity index (χ1) is 10.5. The molecule has 0 aliphatic heterocycles. The monoisotopic (exact) mass is 296 g/mol. The van der Waals surface area contributed by atoms with Crippen LogP contribution >= 0.6 is 0 Å². The highest BCUT2D eigenvalue weighted by Crippen LogP contribution is 2.11. The van der Waals surface area contributed by atoms with Gasteiger partial charge in [-0.05, 0) is 55.8 Å². The first kappa shape index (κ1) is 15.8. The van der Waals surface area contributed by atoms with Gasteiger partial charge in [0.1, 0.15) is 0 Å². The maximum Gasteiger partial charge on any atom is 0.226 e. The number of Topliss-reactive ketones (excluding diaryl/α,β-unsaturated/α-hetero) is 1. The van der Waals surface area contributed by atoms with Crippen LogP contribution in [0.25, 0.3) is 0 Å². The summed E-state index contributed by atoms with van der Waals surface area (Å²) in [6.07, 6.45) is 0.377. The van der Waals surface area contributed by atoms with Gasteiger partial charge in [0.05, 0.1) is 0 Å². The number of carbonyl (C=O) groups is 2. The molecule has 0 radical (unpaired) electrons. The molecule has 4 heteroatoms. The molecule has 2 rings (SSSR count). The average Bonchev–Trinajstić information content (AvgIpc) is 2.48. The normalized spacial score (nSPS) is 10.1. The number of ketones is 1. The lowest BCUT2D eigenvalue weighted by atomic mass is 10.1. The maximum absolute atomic E-state index is 11.9. The van der Waals surface area contributed by atoms with Crippen LogP contribution < -0.4 is 10.6 Å². The smallest absolute Gasteiger partial charge is 0.226 e. The van der Waals surface area contributed by atoms with Crippen LogP contribution in [-0.2, 0) is 4.79 Å². The van der Waals surface area contributed by atoms with Crippen LogP contribution in [0.15, 0.2) is 48.5 Å². The van der Waals surface area contributed by atoms with Crippen LogP contribution in [0.2, 0.25) is 0 Å². The van der Waals surface area contributed by atoms with E-state index in [0.29, 0.717) is 24.2 Å². The van der Waals surface area contributed by atoms with Crippen molar-refractivity contribution in [1.29, 1.82) is 0 Å². The molecule has 0 fully saturated rings. The van der Waals surface area contributed by atoms with Gasteiger partial charge in [-0.15, -0.1) is 0 Å². The van der Waals surface area contributed by atoms with E-state index in [4.69, 9.17) is 0 Å². The molecule has 0 spiro atoms. The van der Waals surface area contributed by atoms with E-state index in [2.05, 4.69) is 10.6 Å². The largest absolute Gasteiger partial charge is 0.385 e. The Morgan fingerprint density at radius 3 is 2.36 bits per heavy atom. The summed E-state index contributed by atoms with van der Waals surface area (Å²) < 4.78 is 0. The zero-order chi connectivity index (χ0) is 15.9. The first-order valence-corrected chi connectivity index (χ1v) is 7.26. The molecular formula is C18H20N2O2. The Balaban J connectivity index is 1.79. The zero-order valence-corrected chi connectivity index (χ0v) is 12.8. The zero-order valence-electron chi connectivity index (χ0n) is 12.8. The topological polar surface area (TPSA) is 58.2 Å². The van der Waals surface area contributed by atoms with Gasteiger partial charge in [-0.2, -0.15) is 0 Å². The molecule has 2 aromatic rings. The van der Waals surface area contributed by atoms with Gasteiger partial charge >= 0.3 is 0 Å². The van der Waals surface area contributed by atoms with Gasteiger partial charge in [-0.1, -0.05) is 12.1 Å². The third-order valence-electron chi connectivity index (χ3n) is 3.27. The maximum atomic E-state index is 11.9. The predicted octanol–water partition coefficient (Wildman–Crippen LogP) is 3.64. The van der Waals surface area contributed by atoms with Crippen LogP contribution in [0.5, 0.6) is 0 Å². The second kappa shape index (κ2) is 7.41. The lowest BCUT2D eigenvalue weighted by Gasteiger charge is -2.08. The third kappa shape index (κ3) is 4.74. The van der Waals surface area contributed by atoms with Crippen molar-refractivity contribution in [3.05, 3.63) is 59.7 Å². The standard InChI is InChI=1S/C18H20N2O2/c1-13-4-3-5-17(12-13)19-11-10-18(22)20-16-8-6-15(7-9-16)14(2)21/h3-9,12,19H,10-11H2,1-2H3,(H,20,22). The minimum atomic E-state index is -0.0595. The van der Waals surface area contributed by atoms with Crippen molar-refractivity contribution >= 4 is 23.1 Å². The minimum absolute atomic E-state index is 0.0141. The van der Waals surface area contributed by atoms with Gasteiger partial charge in [-0.25, -0.2) is 0 Å². The second-order valence-corrected chi connectivity index (χ2v) is 5.23. The van der Waals surface area contributed by atoms with E-state index in [1.54, 1.807) is 24.3 Å². The fourth-order valence-corrected chi connectivity index (χ4v) is 2.09. The Bertz CT molecular complexity index is 663. The highest BCUT2D eigenvalue weighted by atomic mass is 16.1. The quantitative estimate of drug-likeness (QED) is 0.800. The Hall–Kier alpha value is -2.62. The van der Waals surface area contributed by atoms with Gasteiger partial charge < -0.3 is 10.6 Å². The molecule has 4 nitrogen and oxygen atoms in total. The van der Waals surface area contributed by atoms with Crippen LogP contribution in [0.3, 0.4) is 0 Å². The Morgan fingerprint density at radius 1 is 1.00 bits per heavy atom. The van der Waals surface area contributed by atoms with Crippen molar-refractivity contribution in [1.82, 2.24) is 0 Å². The molecule has 0 unspecified atom stereocenters. The van der Waals surface area contributed by atoms with Gasteiger partial charge in [0.2, 0.25) is 5.91 Å². The van der Waals surface area contributed by atoms with E-state index >= 15 is 0 Å². The summed E-state index contributed by atoms with van der Waals surface area (Å²) in [6, 6.07) is 14.9. The van der Waals surface area contributed by atoms with E-state index < -0.39 is 0 Å². The van der Waals surface area contributed by atoms with Crippen LogP contribution in [0, 0.1) is 6.92 Å². The minimum Gasteiger partial charge on any atom is -0.385 e. The Kier molecular flexibility index (Phi) is 5.31. The van der Waals surface area contributed by atoms with Crippen molar-refractivity contribution < 1.29 is 9.59 Å². The highest BCUT2D eigenvalue weighted by molar-refractivity contribution is 5.95. The Labute approximate surface area is 130 Å². The molecule has 0 aliphatic carbocycles. The average molecular weight is 296 g/mol. The molecule has 0 atom stereocenters. The summed E-state index contributed by atoms with van der Waals surface area (Å²) in [7, 11) is 0. The predicted molar refractivity (Wildman–Crippen MR) is 89.4 cm³/mol. The summed E-state index contributed by atoms with van der Waals surface area (Å²) in [6.45, 7) is 4.12. The molecule has 2 aromatic carbocycles. The molecule has 0 aliphatic rings. The molecule has 2 N–H and O–H groups in total. The number of anilines is 2. The molecule has 0 heterocycles. The number of carbonyl (C=O) groups excluding carboxylic acids is 2. The molecule has 0 saturated carbocycles. The first-order valence-electron chi connectivity index (χ1n) is 7.26. The number of rotatable bonds is 6. The fourth-order valence-electron chi connectivity index (χ4n) is 2.09. The molecule has 0 saturated heterocycles. The SMILES string of the molecule is CC(=O)c1ccc(NC(=O)CCNc2cccc(C)c2)cc1. The van der Waals surface area contributed by atoms with E-state index in [0.717, 1.165) is 5.69 Å². The number of hydrogen-bond donors (Lipinski definition) is 2. The van der Waals surface area contributed by atoms with E-state index in [1.165, 1.54) is 12.5 Å². The third-order valence-corrected chi connectivity index (χ3v) is 3.27. The molecule has 0 aromatic heterocycles. The molecule has 1 amide bonds. The lowest BCUT2D eigenvalue weighted by Crippen LogP contribution is -2.16. The number of hydrogen-bond acceptors (Lipinski definition) is 3. The molecule has 0 bridgehead atoms. The van der Waals surface area contributed by atoms with Gasteiger partial charge in [0.25, 0.3) is 0 Å². The number of benzene rings is 2. The number of amides is 1. The molecular weight excluding hydrogens is 276 g/mol. The summed E-state index contributed by atoms with van der Waals surface area (Å²) in [5.41, 5.74) is 3.53. The Morgan fingerprint density at radius 2 is 1.73 bits per heavy atom. The number of aryl methyl sites for hydroxylation is 1. The van der Waals surface area contributed by atoms with Crippen molar-refractivity contribution in [2.45, 2.75) is 20.3 Å². The number of nitrogens with one attached hydrogen (secondary N) is 2. The van der Waals surface area contributed by atoms with Crippen molar-refractivity contribution in [2.75, 3.05) is 17.2 Å². The summed E-state index contributed by atoms with van der Waals surface area (Å²) in [5, 5.41) is 6.04. The highest BCUT2D eigenvalue weighted by Gasteiger charge is 2.04. The van der Waals surface area contributed by atoms with Crippen LogP contribution in [0.1, 0.15) is 29.3 Å². The van der Waals surface area contributed by atoms with Gasteiger partial charge in [0.15, 0.2) is 5.78 Å². The van der Waals surface area contributed by atoms with Crippen LogP contribution in [-0.4, -0.2) is 18.2 Å². The molecule has 22 heavy (non-hydrogen) atoms. The molecule has 114 valence electrons. The lowest BCUT2D eigenvalue weighted by molar-refractivity contribution is -0.115. The fraction of sp³-hybridized carbons (Fsp3) is 0.222. The van der Waals surface area contributed by atoms with Crippen molar-refractivity contribution in [2.24, 2.45) is 0 Å². The van der Waals surface area contributed by atoms with Crippen LogP contribution in [0.4, 0.5) is 11.4 Å². The van der Waals surface area contributed by atoms with Crippen molar-refractivity contribution in [3.8, 4) is 0 Å². The summed E-state index contributed by atoms with van der Waals surface area (Å²) in [5.74, 6) is -0.0454. The van der Waals surface area contributed by atoms with E-state index in [1.807, 2.05) is 31.2 Å². The second-order valence-electron chi connectivity index (χ2n) is 5.23. The van der Waals surface area contributed by atoms with Crippen molar-refractivity contribution in [3.63, 3.8) is 0 Å². The summed E-state index contributed by atoms with van der Waals surface area (Å²) in [4.78, 5) is 23.1. The summed E-state index contributed by atoms with van der Waals surface area (Å²) >= 11 is 0. The van der Waals surface area contributed by atoms with E-state index in [-0.39, 0.29) is 11.7 Å². The van der Waals surface area contributed by atoms with E-state index in [9.17, 15) is 9.59 Å².